The maximum absolute atomic E-state index is 12.7. The van der Waals surface area contributed by atoms with Gasteiger partial charge in [-0.15, -0.1) is 0 Å². The summed E-state index contributed by atoms with van der Waals surface area (Å²) in [5.41, 5.74) is 0. The van der Waals surface area contributed by atoms with Gasteiger partial charge in [-0.25, -0.2) is 18.4 Å². The van der Waals surface area contributed by atoms with Crippen LogP contribution < -0.4 is 0 Å². The van der Waals surface area contributed by atoms with Crippen LogP contribution in [-0.2, 0) is 9.84 Å². The molecule has 0 aromatic carbocycles. The summed E-state index contributed by atoms with van der Waals surface area (Å²) in [6.07, 6.45) is 2.09. The molecule has 1 aromatic rings. The second-order valence-corrected chi connectivity index (χ2v) is 5.67. The van der Waals surface area contributed by atoms with E-state index < -0.39 is 18.8 Å². The third-order valence-corrected chi connectivity index (χ3v) is 3.76. The Hall–Kier alpha value is -0.460. The Kier molecular flexibility index (Phi) is 2.74. The Bertz CT molecular complexity index is 389. The van der Waals surface area contributed by atoms with Crippen molar-refractivity contribution in [3.05, 3.63) is 18.6 Å². The third kappa shape index (κ3) is 2.07. The number of nitrogens with zero attached hydrogens (tertiary/aromatic N) is 2. The van der Waals surface area contributed by atoms with Gasteiger partial charge in [0.1, 0.15) is 6.33 Å². The molecule has 0 unspecified atom stereocenters. The normalized spacial score (nSPS) is 12.8. The van der Waals surface area contributed by atoms with E-state index in [0.29, 0.717) is 0 Å². The lowest BCUT2D eigenvalue weighted by molar-refractivity contribution is 0.467. The van der Waals surface area contributed by atoms with Gasteiger partial charge in [0.2, 0.25) is 0 Å². The molecule has 1 aromatic heterocycles. The molecule has 0 bridgehead atoms. The van der Waals surface area contributed by atoms with Crippen molar-refractivity contribution in [1.29, 1.82) is 0 Å². The lowest BCUT2D eigenvalue weighted by Crippen LogP contribution is -2.21. The van der Waals surface area contributed by atoms with Gasteiger partial charge >= 0.3 is 3.92 Å². The van der Waals surface area contributed by atoms with Crippen molar-refractivity contribution in [1.82, 2.24) is 9.97 Å². The van der Waals surface area contributed by atoms with E-state index in [1.807, 2.05) is 0 Å². The van der Waals surface area contributed by atoms with Crippen molar-refractivity contribution >= 4 is 33.0 Å². The molecule has 13 heavy (non-hydrogen) atoms. The highest BCUT2D eigenvalue weighted by atomic mass is 35.5. The molecule has 0 radical (unpaired) electrons. The maximum Gasteiger partial charge on any atom is 0.363 e. The van der Waals surface area contributed by atoms with Crippen LogP contribution in [0.15, 0.2) is 23.6 Å². The summed E-state index contributed by atoms with van der Waals surface area (Å²) < 4.78 is 31.6. The quantitative estimate of drug-likeness (QED) is 0.582. The Morgan fingerprint density at radius 2 is 2.08 bits per heavy atom. The van der Waals surface area contributed by atoms with Gasteiger partial charge in [0, 0.05) is 6.20 Å². The van der Waals surface area contributed by atoms with E-state index in [9.17, 15) is 12.8 Å². The highest BCUT2D eigenvalue weighted by Crippen LogP contribution is 2.33. The minimum absolute atomic E-state index is 0.560. The zero-order chi connectivity index (χ0) is 10.1. The molecule has 8 heteroatoms. The predicted octanol–water partition coefficient (Wildman–Crippen LogP) is 1.31. The summed E-state index contributed by atoms with van der Waals surface area (Å²) in [6.45, 7) is 0. The van der Waals surface area contributed by atoms with E-state index in [-0.39, 0.29) is 0 Å². The molecule has 0 spiro atoms. The van der Waals surface area contributed by atoms with Crippen LogP contribution in [0.2, 0.25) is 0 Å². The lowest BCUT2D eigenvalue weighted by atomic mass is 10.7. The van der Waals surface area contributed by atoms with Crippen molar-refractivity contribution in [3.8, 4) is 0 Å². The smallest absolute Gasteiger partial charge is 0.245 e. The van der Waals surface area contributed by atoms with Crippen LogP contribution in [-0.4, -0.2) is 22.3 Å². The third-order valence-electron chi connectivity index (χ3n) is 1.13. The van der Waals surface area contributed by atoms with Gasteiger partial charge in [-0.05, 0) is 29.3 Å². The lowest BCUT2D eigenvalue weighted by Gasteiger charge is -2.08. The molecule has 4 nitrogen and oxygen atoms in total. The van der Waals surface area contributed by atoms with Crippen LogP contribution >= 0.6 is 23.2 Å². The predicted molar refractivity (Wildman–Crippen MR) is 44.8 cm³/mol. The van der Waals surface area contributed by atoms with Crippen molar-refractivity contribution < 1.29 is 12.8 Å². The number of halogens is 3. The first-order valence-corrected chi connectivity index (χ1v) is 5.17. The number of alkyl halides is 3. The molecule has 0 atom stereocenters. The minimum Gasteiger partial charge on any atom is -0.245 e. The second kappa shape index (κ2) is 3.36. The summed E-state index contributed by atoms with van der Waals surface area (Å²) in [4.78, 5) is 6.77. The van der Waals surface area contributed by atoms with Gasteiger partial charge in [-0.1, -0.05) is 0 Å². The fourth-order valence-corrected chi connectivity index (χ4v) is 1.69. The topological polar surface area (TPSA) is 59.9 Å². The minimum atomic E-state index is -4.46. The highest BCUT2D eigenvalue weighted by molar-refractivity contribution is 7.95. The molecule has 0 aliphatic carbocycles. The van der Waals surface area contributed by atoms with Crippen LogP contribution in [0.25, 0.3) is 0 Å². The van der Waals surface area contributed by atoms with Gasteiger partial charge in [0.15, 0.2) is 5.03 Å². The molecule has 1 rings (SSSR count). The van der Waals surface area contributed by atoms with Crippen molar-refractivity contribution in [3.63, 3.8) is 0 Å². The molecule has 1 heterocycles. The fraction of sp³-hybridized carbons (Fsp3) is 0.200. The first-order chi connectivity index (χ1) is 5.86. The van der Waals surface area contributed by atoms with E-state index >= 15 is 0 Å². The number of sulfone groups is 1. The van der Waals surface area contributed by atoms with Gasteiger partial charge in [-0.3, -0.25) is 0 Å². The SMILES string of the molecule is O=S(=O)(c1ccncn1)C(F)(Cl)Cl. The Morgan fingerprint density at radius 1 is 1.46 bits per heavy atom. The highest BCUT2D eigenvalue weighted by Gasteiger charge is 2.42. The summed E-state index contributed by atoms with van der Waals surface area (Å²) >= 11 is 9.62. The Morgan fingerprint density at radius 3 is 2.46 bits per heavy atom. The largest absolute Gasteiger partial charge is 0.363 e. The van der Waals surface area contributed by atoms with E-state index in [4.69, 9.17) is 23.2 Å². The van der Waals surface area contributed by atoms with Crippen molar-refractivity contribution in [2.24, 2.45) is 0 Å². The number of rotatable bonds is 2. The molecule has 0 saturated heterocycles. The maximum atomic E-state index is 12.7. The van der Waals surface area contributed by atoms with E-state index in [2.05, 4.69) is 9.97 Å². The summed E-state index contributed by atoms with van der Waals surface area (Å²) in [5, 5.41) is -0.560. The zero-order valence-corrected chi connectivity index (χ0v) is 8.31. The average molecular weight is 245 g/mol. The molecule has 0 N–H and O–H groups in total. The van der Waals surface area contributed by atoms with E-state index in [1.54, 1.807) is 0 Å². The average Bonchev–Trinajstić information content (AvgIpc) is 2.04. The molecule has 0 saturated carbocycles. The fourth-order valence-electron chi connectivity index (χ4n) is 0.556. The monoisotopic (exact) mass is 244 g/mol. The second-order valence-electron chi connectivity index (χ2n) is 2.00. The van der Waals surface area contributed by atoms with Gasteiger partial charge < -0.3 is 0 Å². The molecule has 0 aliphatic heterocycles. The van der Waals surface area contributed by atoms with Crippen LogP contribution in [0, 0.1) is 0 Å². The summed E-state index contributed by atoms with van der Waals surface area (Å²) in [5.74, 6) is 0. The van der Waals surface area contributed by atoms with Crippen molar-refractivity contribution in [2.45, 2.75) is 8.95 Å². The van der Waals surface area contributed by atoms with Crippen LogP contribution in [0.5, 0.6) is 0 Å². The van der Waals surface area contributed by atoms with E-state index in [1.165, 1.54) is 0 Å². The van der Waals surface area contributed by atoms with Crippen LogP contribution in [0.3, 0.4) is 0 Å². The zero-order valence-electron chi connectivity index (χ0n) is 5.99. The first kappa shape index (κ1) is 10.6. The van der Waals surface area contributed by atoms with E-state index in [0.717, 1.165) is 18.6 Å². The molecule has 0 fully saturated rings. The molecule has 0 aliphatic rings. The molecular formula is C5H3Cl2FN2O2S. The van der Waals surface area contributed by atoms with Gasteiger partial charge in [0.05, 0.1) is 0 Å². The van der Waals surface area contributed by atoms with Crippen molar-refractivity contribution in [2.75, 3.05) is 0 Å². The van der Waals surface area contributed by atoms with Crippen LogP contribution in [0.4, 0.5) is 4.39 Å². The van der Waals surface area contributed by atoms with Gasteiger partial charge in [0.25, 0.3) is 9.84 Å². The number of aromatic nitrogens is 2. The summed E-state index contributed by atoms with van der Waals surface area (Å²) in [7, 11) is -4.46. The Labute approximate surface area is 83.6 Å². The van der Waals surface area contributed by atoms with Crippen LogP contribution in [0.1, 0.15) is 0 Å². The molecule has 72 valence electrons. The number of hydrogen-bond donors (Lipinski definition) is 0. The first-order valence-electron chi connectivity index (χ1n) is 2.93. The summed E-state index contributed by atoms with van der Waals surface area (Å²) in [6, 6.07) is 0.994. The Balaban J connectivity index is 3.26. The number of hydrogen-bond acceptors (Lipinski definition) is 4. The van der Waals surface area contributed by atoms with Gasteiger partial charge in [-0.2, -0.15) is 4.39 Å². The standard InChI is InChI=1S/C5H3Cl2FN2O2S/c6-5(7,8)13(11,12)4-1-2-9-3-10-4/h1-3H. The molecular weight excluding hydrogens is 242 g/mol. The molecule has 0 amide bonds.